The Morgan fingerprint density at radius 3 is 3.00 bits per heavy atom. The van der Waals surface area contributed by atoms with E-state index in [1.165, 1.54) is 6.08 Å². The molecule has 11 heavy (non-hydrogen) atoms. The molecule has 1 rings (SSSR count). The first kappa shape index (κ1) is 8.18. The number of isocyanates is 1. The first-order valence-corrected chi connectivity index (χ1v) is 4.21. The molecule has 2 nitrogen and oxygen atoms in total. The highest BCUT2D eigenvalue weighted by atomic mass is 79.9. The quantitative estimate of drug-likeness (QED) is 0.420. The van der Waals surface area contributed by atoms with Gasteiger partial charge in [-0.3, -0.25) is 0 Å². The summed E-state index contributed by atoms with van der Waals surface area (Å²) in [4.78, 5) is 13.4. The van der Waals surface area contributed by atoms with Crippen LogP contribution >= 0.6 is 15.9 Å². The molecule has 0 bridgehead atoms. The first-order valence-electron chi connectivity index (χ1n) is 3.09. The molecule has 0 spiro atoms. The van der Waals surface area contributed by atoms with E-state index in [-0.39, 0.29) is 0 Å². The van der Waals surface area contributed by atoms with Gasteiger partial charge in [-0.25, -0.2) is 4.79 Å². The van der Waals surface area contributed by atoms with Crippen LogP contribution in [0.4, 0.5) is 5.69 Å². The van der Waals surface area contributed by atoms with Gasteiger partial charge in [-0.1, -0.05) is 28.1 Å². The zero-order valence-electron chi connectivity index (χ0n) is 5.75. The molecule has 0 fully saturated rings. The number of halogens is 1. The van der Waals surface area contributed by atoms with Crippen LogP contribution in [0, 0.1) is 0 Å². The van der Waals surface area contributed by atoms with Gasteiger partial charge in [0, 0.05) is 5.33 Å². The Labute approximate surface area is 73.1 Å². The van der Waals surface area contributed by atoms with E-state index < -0.39 is 0 Å². The van der Waals surface area contributed by atoms with Crippen molar-refractivity contribution in [3.8, 4) is 0 Å². The van der Waals surface area contributed by atoms with Crippen LogP contribution in [0.25, 0.3) is 0 Å². The van der Waals surface area contributed by atoms with Crippen LogP contribution in [0.2, 0.25) is 0 Å². The second-order valence-corrected chi connectivity index (χ2v) is 2.57. The number of nitrogens with zero attached hydrogens (tertiary/aromatic N) is 1. The second kappa shape index (κ2) is 4.06. The maximum atomic E-state index is 9.87. The molecule has 1 aromatic carbocycles. The third-order valence-electron chi connectivity index (χ3n) is 1.24. The highest BCUT2D eigenvalue weighted by Crippen LogP contribution is 2.14. The molecule has 56 valence electrons. The number of hydrogen-bond donors (Lipinski definition) is 0. The van der Waals surface area contributed by atoms with Gasteiger partial charge in [-0.2, -0.15) is 4.99 Å². The largest absolute Gasteiger partial charge is 0.240 e. The monoisotopic (exact) mass is 211 g/mol. The van der Waals surface area contributed by atoms with Crippen LogP contribution in [-0.4, -0.2) is 6.08 Å². The van der Waals surface area contributed by atoms with Crippen molar-refractivity contribution < 1.29 is 4.79 Å². The summed E-state index contributed by atoms with van der Waals surface area (Å²) in [5.41, 5.74) is 1.75. The lowest BCUT2D eigenvalue weighted by Crippen LogP contribution is -1.73. The molecule has 0 aliphatic carbocycles. The Kier molecular flexibility index (Phi) is 3.02. The van der Waals surface area contributed by atoms with Gasteiger partial charge in [0.1, 0.15) is 0 Å². The minimum absolute atomic E-state index is 0.650. The van der Waals surface area contributed by atoms with E-state index in [1.54, 1.807) is 6.07 Å². The molecule has 0 radical (unpaired) electrons. The van der Waals surface area contributed by atoms with Gasteiger partial charge in [-0.05, 0) is 17.7 Å². The summed E-state index contributed by atoms with van der Waals surface area (Å²) in [5.74, 6) is 0. The van der Waals surface area contributed by atoms with E-state index in [1.807, 2.05) is 18.2 Å². The van der Waals surface area contributed by atoms with Crippen LogP contribution in [0.15, 0.2) is 29.3 Å². The molecule has 0 saturated carbocycles. The summed E-state index contributed by atoms with van der Waals surface area (Å²) in [7, 11) is 0. The van der Waals surface area contributed by atoms with E-state index in [0.29, 0.717) is 5.69 Å². The van der Waals surface area contributed by atoms with Gasteiger partial charge in [0.2, 0.25) is 6.08 Å². The molecule has 0 unspecified atom stereocenters. The van der Waals surface area contributed by atoms with Crippen LogP contribution in [-0.2, 0) is 10.1 Å². The fourth-order valence-corrected chi connectivity index (χ4v) is 1.11. The fraction of sp³-hybridized carbons (Fsp3) is 0.125. The molecular formula is C8H6BrNO. The maximum absolute atomic E-state index is 9.87. The Morgan fingerprint density at radius 1 is 1.55 bits per heavy atom. The lowest BCUT2D eigenvalue weighted by molar-refractivity contribution is 0.565. The van der Waals surface area contributed by atoms with Crippen LogP contribution in [0.5, 0.6) is 0 Å². The highest BCUT2D eigenvalue weighted by Gasteiger charge is 1.90. The molecular weight excluding hydrogens is 206 g/mol. The van der Waals surface area contributed by atoms with E-state index >= 15 is 0 Å². The highest BCUT2D eigenvalue weighted by molar-refractivity contribution is 9.08. The first-order chi connectivity index (χ1) is 5.36. The van der Waals surface area contributed by atoms with E-state index in [9.17, 15) is 4.79 Å². The van der Waals surface area contributed by atoms with E-state index in [2.05, 4.69) is 20.9 Å². The Hall–Kier alpha value is -0.920. The van der Waals surface area contributed by atoms with Gasteiger partial charge in [0.15, 0.2) is 0 Å². The molecule has 0 amide bonds. The number of carbonyl (C=O) groups excluding carboxylic acids is 1. The van der Waals surface area contributed by atoms with Crippen molar-refractivity contribution >= 4 is 27.7 Å². The third kappa shape index (κ3) is 2.30. The minimum atomic E-state index is 0.650. The molecule has 3 heteroatoms. The number of hydrogen-bond acceptors (Lipinski definition) is 2. The maximum Gasteiger partial charge on any atom is 0.240 e. The summed E-state index contributed by atoms with van der Waals surface area (Å²) in [6.45, 7) is 0. The van der Waals surface area contributed by atoms with Crippen molar-refractivity contribution in [1.29, 1.82) is 0 Å². The summed E-state index contributed by atoms with van der Waals surface area (Å²) in [6.07, 6.45) is 1.49. The molecule has 1 aromatic rings. The van der Waals surface area contributed by atoms with Crippen molar-refractivity contribution in [2.45, 2.75) is 5.33 Å². The zero-order chi connectivity index (χ0) is 8.10. The molecule has 0 heterocycles. The molecule has 0 atom stereocenters. The number of alkyl halides is 1. The number of aliphatic imine (C=N–C) groups is 1. The Bertz CT molecular complexity index is 292. The predicted molar refractivity (Wildman–Crippen MR) is 46.9 cm³/mol. The smallest absolute Gasteiger partial charge is 0.211 e. The van der Waals surface area contributed by atoms with Gasteiger partial charge < -0.3 is 0 Å². The fourth-order valence-electron chi connectivity index (χ4n) is 0.762. The van der Waals surface area contributed by atoms with Crippen molar-refractivity contribution in [3.05, 3.63) is 29.8 Å². The summed E-state index contributed by atoms with van der Waals surface area (Å²) in [6, 6.07) is 7.40. The average molecular weight is 212 g/mol. The third-order valence-corrected chi connectivity index (χ3v) is 1.89. The summed E-state index contributed by atoms with van der Waals surface area (Å²) < 4.78 is 0. The van der Waals surface area contributed by atoms with Crippen molar-refractivity contribution in [2.24, 2.45) is 4.99 Å². The molecule has 0 aliphatic rings. The Balaban J connectivity index is 3.00. The SMILES string of the molecule is O=C=Nc1cccc(CBr)c1. The van der Waals surface area contributed by atoms with Crippen molar-refractivity contribution in [2.75, 3.05) is 0 Å². The lowest BCUT2D eigenvalue weighted by Gasteiger charge is -1.93. The van der Waals surface area contributed by atoms with Crippen molar-refractivity contribution in [1.82, 2.24) is 0 Å². The normalized spacial score (nSPS) is 8.82. The van der Waals surface area contributed by atoms with Crippen LogP contribution < -0.4 is 0 Å². The molecule has 0 N–H and O–H groups in total. The van der Waals surface area contributed by atoms with Crippen molar-refractivity contribution in [3.63, 3.8) is 0 Å². The van der Waals surface area contributed by atoms with Gasteiger partial charge in [0.25, 0.3) is 0 Å². The molecule has 0 aliphatic heterocycles. The average Bonchev–Trinajstić information content (AvgIpc) is 2.06. The molecule has 0 saturated heterocycles. The van der Waals surface area contributed by atoms with E-state index in [4.69, 9.17) is 0 Å². The Morgan fingerprint density at radius 2 is 2.36 bits per heavy atom. The molecule has 0 aromatic heterocycles. The van der Waals surface area contributed by atoms with Gasteiger partial charge >= 0.3 is 0 Å². The summed E-state index contributed by atoms with van der Waals surface area (Å²) >= 11 is 3.30. The summed E-state index contributed by atoms with van der Waals surface area (Å²) in [5, 5.41) is 0.773. The number of benzene rings is 1. The zero-order valence-corrected chi connectivity index (χ0v) is 7.34. The van der Waals surface area contributed by atoms with Gasteiger partial charge in [0.05, 0.1) is 5.69 Å². The number of rotatable bonds is 2. The topological polar surface area (TPSA) is 29.4 Å². The lowest BCUT2D eigenvalue weighted by atomic mass is 10.2. The van der Waals surface area contributed by atoms with Crippen LogP contribution in [0.1, 0.15) is 5.56 Å². The van der Waals surface area contributed by atoms with E-state index in [0.717, 1.165) is 10.9 Å². The second-order valence-electron chi connectivity index (χ2n) is 2.01. The minimum Gasteiger partial charge on any atom is -0.211 e. The predicted octanol–water partition coefficient (Wildman–Crippen LogP) is 2.55. The van der Waals surface area contributed by atoms with Crippen LogP contribution in [0.3, 0.4) is 0 Å². The van der Waals surface area contributed by atoms with Gasteiger partial charge in [-0.15, -0.1) is 0 Å². The standard InChI is InChI=1S/C8H6BrNO/c9-5-7-2-1-3-8(4-7)10-6-11/h1-4H,5H2.